The van der Waals surface area contributed by atoms with Crippen molar-refractivity contribution in [3.8, 4) is 22.3 Å². The molecule has 0 aliphatic rings. The average molecular weight is 694 g/mol. The minimum absolute atomic E-state index is 0.876. The van der Waals surface area contributed by atoms with E-state index in [2.05, 4.69) is 193 Å². The molecule has 3 heteroatoms. The predicted molar refractivity (Wildman–Crippen MR) is 227 cm³/mol. The van der Waals surface area contributed by atoms with Crippen LogP contribution < -0.4 is 4.90 Å². The fraction of sp³-hybridized carbons (Fsp3) is 0. The molecule has 0 atom stereocenters. The van der Waals surface area contributed by atoms with Gasteiger partial charge >= 0.3 is 0 Å². The molecule has 53 heavy (non-hydrogen) atoms. The normalized spacial score (nSPS) is 11.8. The third-order valence-electron chi connectivity index (χ3n) is 10.7. The van der Waals surface area contributed by atoms with Gasteiger partial charge in [-0.05, 0) is 75.3 Å². The number of nitrogens with zero attached hydrogens (tertiary/aromatic N) is 1. The summed E-state index contributed by atoms with van der Waals surface area (Å²) in [6.07, 6.45) is 0. The van der Waals surface area contributed by atoms with Crippen LogP contribution in [0.2, 0.25) is 0 Å². The zero-order valence-corrected chi connectivity index (χ0v) is 29.5. The molecule has 2 aromatic heterocycles. The molecule has 0 aliphatic heterocycles. The summed E-state index contributed by atoms with van der Waals surface area (Å²) in [5.41, 5.74) is 9.66. The Labute approximate surface area is 310 Å². The van der Waals surface area contributed by atoms with E-state index >= 15 is 0 Å². The van der Waals surface area contributed by atoms with Gasteiger partial charge in [-0.1, -0.05) is 146 Å². The lowest BCUT2D eigenvalue weighted by Gasteiger charge is -2.28. The topological polar surface area (TPSA) is 16.4 Å². The van der Waals surface area contributed by atoms with Crippen molar-refractivity contribution >= 4 is 92.1 Å². The second kappa shape index (κ2) is 11.9. The average Bonchev–Trinajstić information content (AvgIpc) is 3.80. The molecule has 2 nitrogen and oxygen atoms in total. The first kappa shape index (κ1) is 30.0. The summed E-state index contributed by atoms with van der Waals surface area (Å²) in [6, 6.07) is 67.9. The predicted octanol–water partition coefficient (Wildman–Crippen LogP) is 15.1. The zero-order chi connectivity index (χ0) is 34.9. The highest BCUT2D eigenvalue weighted by Gasteiger charge is 2.24. The Morgan fingerprint density at radius 1 is 0.396 bits per heavy atom. The van der Waals surface area contributed by atoms with E-state index in [1.165, 1.54) is 52.8 Å². The van der Waals surface area contributed by atoms with Crippen molar-refractivity contribution in [1.29, 1.82) is 0 Å². The highest BCUT2D eigenvalue weighted by Crippen LogP contribution is 2.49. The number of hydrogen-bond acceptors (Lipinski definition) is 3. The smallest absolute Gasteiger partial charge is 0.145 e. The van der Waals surface area contributed by atoms with Gasteiger partial charge < -0.3 is 9.32 Å². The summed E-state index contributed by atoms with van der Waals surface area (Å²) in [6.45, 7) is 0. The van der Waals surface area contributed by atoms with Gasteiger partial charge in [-0.25, -0.2) is 0 Å². The van der Waals surface area contributed by atoms with Crippen molar-refractivity contribution in [3.63, 3.8) is 0 Å². The van der Waals surface area contributed by atoms with Crippen molar-refractivity contribution in [2.45, 2.75) is 0 Å². The van der Waals surface area contributed by atoms with Crippen LogP contribution in [0.5, 0.6) is 0 Å². The summed E-state index contributed by atoms with van der Waals surface area (Å²) >= 11 is 1.85. The van der Waals surface area contributed by atoms with Crippen LogP contribution in [0.3, 0.4) is 0 Å². The molecular weight excluding hydrogens is 663 g/mol. The maximum absolute atomic E-state index is 6.85. The molecule has 0 amide bonds. The van der Waals surface area contributed by atoms with Crippen LogP contribution in [0.4, 0.5) is 17.1 Å². The Morgan fingerprint density at radius 3 is 1.96 bits per heavy atom. The third-order valence-corrected chi connectivity index (χ3v) is 11.8. The quantitative estimate of drug-likeness (QED) is 0.167. The summed E-state index contributed by atoms with van der Waals surface area (Å²) in [4.78, 5) is 2.45. The van der Waals surface area contributed by atoms with Crippen LogP contribution in [0, 0.1) is 0 Å². The summed E-state index contributed by atoms with van der Waals surface area (Å²) in [7, 11) is 0. The monoisotopic (exact) mass is 693 g/mol. The number of rotatable bonds is 5. The minimum atomic E-state index is 0.876. The largest absolute Gasteiger partial charge is 0.455 e. The second-order valence-electron chi connectivity index (χ2n) is 13.7. The first-order chi connectivity index (χ1) is 26.3. The molecule has 11 aromatic rings. The Bertz CT molecular complexity index is 3170. The molecular formula is C50H31NOS. The Balaban J connectivity index is 1.19. The number of thiophene rings is 1. The van der Waals surface area contributed by atoms with Gasteiger partial charge in [0, 0.05) is 42.2 Å². The molecule has 248 valence electrons. The van der Waals surface area contributed by atoms with E-state index in [0.717, 1.165) is 50.1 Å². The van der Waals surface area contributed by atoms with Crippen LogP contribution in [-0.2, 0) is 0 Å². The van der Waals surface area contributed by atoms with Gasteiger partial charge in [-0.2, -0.15) is 0 Å². The number of fused-ring (bicyclic) bond motifs is 9. The maximum Gasteiger partial charge on any atom is 0.145 e. The third kappa shape index (κ3) is 4.78. The fourth-order valence-electron chi connectivity index (χ4n) is 8.18. The molecule has 0 unspecified atom stereocenters. The first-order valence-corrected chi connectivity index (χ1v) is 18.8. The molecule has 0 radical (unpaired) electrons. The number of benzene rings is 9. The van der Waals surface area contributed by atoms with Crippen LogP contribution in [0.1, 0.15) is 0 Å². The summed E-state index contributed by atoms with van der Waals surface area (Å²) in [5.74, 6) is 0. The van der Waals surface area contributed by atoms with Crippen LogP contribution in [0.15, 0.2) is 192 Å². The zero-order valence-electron chi connectivity index (χ0n) is 28.7. The van der Waals surface area contributed by atoms with Gasteiger partial charge in [0.1, 0.15) is 11.2 Å². The molecule has 0 spiro atoms. The molecule has 0 fully saturated rings. The van der Waals surface area contributed by atoms with E-state index < -0.39 is 0 Å². The van der Waals surface area contributed by atoms with Crippen LogP contribution in [0.25, 0.3) is 85.9 Å². The number of hydrogen-bond donors (Lipinski definition) is 0. The van der Waals surface area contributed by atoms with Crippen LogP contribution in [-0.4, -0.2) is 0 Å². The Kier molecular flexibility index (Phi) is 6.76. The van der Waals surface area contributed by atoms with Crippen molar-refractivity contribution in [3.05, 3.63) is 188 Å². The lowest BCUT2D eigenvalue weighted by atomic mass is 9.96. The molecule has 2 heterocycles. The first-order valence-electron chi connectivity index (χ1n) is 18.0. The van der Waals surface area contributed by atoms with Crippen LogP contribution >= 0.6 is 11.3 Å². The standard InChI is InChI=1S/C50H31NOS/c1-2-11-32(12-3-1)33-21-23-35(24-22-33)38-29-30-45(49-43-16-6-8-19-46(43)52-50(38)49)51(36-26-28-42-41-15-7-9-20-47(41)53-48(42)31-36)44-18-10-17-39-37-14-5-4-13-34(37)25-27-40(39)44/h1-31H. The van der Waals surface area contributed by atoms with E-state index in [0.29, 0.717) is 0 Å². The lowest BCUT2D eigenvalue weighted by Crippen LogP contribution is -2.11. The molecule has 0 N–H and O–H groups in total. The number of furan rings is 1. The highest BCUT2D eigenvalue weighted by molar-refractivity contribution is 7.25. The molecule has 11 rings (SSSR count). The molecule has 0 saturated carbocycles. The van der Waals surface area contributed by atoms with Gasteiger partial charge in [0.15, 0.2) is 0 Å². The Morgan fingerprint density at radius 2 is 1.08 bits per heavy atom. The minimum Gasteiger partial charge on any atom is -0.455 e. The van der Waals surface area contributed by atoms with E-state index in [1.807, 2.05) is 11.3 Å². The Hall–Kier alpha value is -6.68. The SMILES string of the molecule is c1ccc(-c2ccc(-c3ccc(N(c4ccc5c(c4)sc4ccccc45)c4cccc5c4ccc4ccccc45)c4c3oc3ccccc34)cc2)cc1. The molecule has 0 aliphatic carbocycles. The molecule has 9 aromatic carbocycles. The summed E-state index contributed by atoms with van der Waals surface area (Å²) < 4.78 is 9.41. The van der Waals surface area contributed by atoms with Gasteiger partial charge in [-0.15, -0.1) is 11.3 Å². The van der Waals surface area contributed by atoms with Crippen molar-refractivity contribution in [2.24, 2.45) is 0 Å². The fourth-order valence-corrected chi connectivity index (χ4v) is 9.32. The highest BCUT2D eigenvalue weighted by atomic mass is 32.1. The van der Waals surface area contributed by atoms with Gasteiger partial charge in [0.05, 0.1) is 16.8 Å². The van der Waals surface area contributed by atoms with Crippen molar-refractivity contribution < 1.29 is 4.42 Å². The van der Waals surface area contributed by atoms with Crippen molar-refractivity contribution in [2.75, 3.05) is 4.90 Å². The van der Waals surface area contributed by atoms with E-state index in [9.17, 15) is 0 Å². The lowest BCUT2D eigenvalue weighted by molar-refractivity contribution is 0.670. The van der Waals surface area contributed by atoms with Gasteiger partial charge in [-0.3, -0.25) is 0 Å². The van der Waals surface area contributed by atoms with Crippen molar-refractivity contribution in [1.82, 2.24) is 0 Å². The summed E-state index contributed by atoms with van der Waals surface area (Å²) in [5, 5.41) is 9.69. The number of anilines is 3. The van der Waals surface area contributed by atoms with E-state index in [4.69, 9.17) is 4.42 Å². The second-order valence-corrected chi connectivity index (χ2v) is 14.7. The van der Waals surface area contributed by atoms with E-state index in [-0.39, 0.29) is 0 Å². The van der Waals surface area contributed by atoms with E-state index in [1.54, 1.807) is 0 Å². The van der Waals surface area contributed by atoms with Gasteiger partial charge in [0.2, 0.25) is 0 Å². The maximum atomic E-state index is 6.85. The molecule has 0 saturated heterocycles. The molecule has 0 bridgehead atoms. The van der Waals surface area contributed by atoms with Gasteiger partial charge in [0.25, 0.3) is 0 Å². The number of para-hydroxylation sites is 1.